The number of hydrogen-bond donors (Lipinski definition) is 0. The van der Waals surface area contributed by atoms with E-state index in [1.807, 2.05) is 0 Å². The van der Waals surface area contributed by atoms with Crippen LogP contribution in [0, 0.1) is 6.92 Å². The lowest BCUT2D eigenvalue weighted by Gasteiger charge is -2.17. The second-order valence-electron chi connectivity index (χ2n) is 9.66. The fourth-order valence-electron chi connectivity index (χ4n) is 5.53. The first-order valence-corrected chi connectivity index (χ1v) is 13.1. The van der Waals surface area contributed by atoms with Crippen LogP contribution in [0.15, 0.2) is 126 Å². The molecule has 36 heavy (non-hydrogen) atoms. The molecule has 0 aliphatic rings. The molecule has 0 saturated heterocycles. The predicted molar refractivity (Wildman–Crippen MR) is 160 cm³/mol. The lowest BCUT2D eigenvalue weighted by Crippen LogP contribution is -1.91. The first-order chi connectivity index (χ1) is 17.6. The van der Waals surface area contributed by atoms with Crippen LogP contribution in [0.2, 0.25) is 0 Å². The highest BCUT2D eigenvalue weighted by Crippen LogP contribution is 2.44. The van der Waals surface area contributed by atoms with Crippen molar-refractivity contribution in [3.8, 4) is 22.3 Å². The van der Waals surface area contributed by atoms with Gasteiger partial charge in [-0.05, 0) is 109 Å². The van der Waals surface area contributed by atoms with Gasteiger partial charge in [-0.25, -0.2) is 0 Å². The van der Waals surface area contributed by atoms with Crippen LogP contribution in [0.4, 0.5) is 0 Å². The zero-order valence-corrected chi connectivity index (χ0v) is 21.5. The van der Waals surface area contributed by atoms with Gasteiger partial charge in [0.25, 0.3) is 0 Å². The lowest BCUT2D eigenvalue weighted by atomic mass is 9.88. The van der Waals surface area contributed by atoms with Crippen LogP contribution >= 0.6 is 15.9 Å². The topological polar surface area (TPSA) is 0 Å². The Labute approximate surface area is 219 Å². The Balaban J connectivity index is 1.58. The van der Waals surface area contributed by atoms with Crippen molar-refractivity contribution >= 4 is 59.0 Å². The van der Waals surface area contributed by atoms with E-state index in [9.17, 15) is 0 Å². The maximum Gasteiger partial charge on any atom is 0.0266 e. The van der Waals surface area contributed by atoms with E-state index >= 15 is 0 Å². The molecule has 0 bridgehead atoms. The molecule has 0 atom stereocenters. The Morgan fingerprint density at radius 2 is 0.917 bits per heavy atom. The summed E-state index contributed by atoms with van der Waals surface area (Å²) >= 11 is 3.94. The van der Waals surface area contributed by atoms with E-state index < -0.39 is 0 Å². The van der Waals surface area contributed by atoms with Gasteiger partial charge in [0, 0.05) is 10.0 Å². The minimum atomic E-state index is 1.11. The standard InChI is InChI=1S/C35H23Br/c1-22-12-13-25-15-27-18-30-20-32-31(19-29(30)17-28(27)16-26(25)14-22)21-33(36)35(24-10-6-3-7-11-24)34(32)23-8-4-2-5-9-23/h2-21H,1H3. The van der Waals surface area contributed by atoms with E-state index in [0.717, 1.165) is 4.47 Å². The van der Waals surface area contributed by atoms with Crippen molar-refractivity contribution in [2.24, 2.45) is 0 Å². The quantitative estimate of drug-likeness (QED) is 0.198. The van der Waals surface area contributed by atoms with Crippen molar-refractivity contribution in [2.75, 3.05) is 0 Å². The molecule has 0 aliphatic carbocycles. The van der Waals surface area contributed by atoms with Gasteiger partial charge in [0.05, 0.1) is 0 Å². The summed E-state index contributed by atoms with van der Waals surface area (Å²) in [5.74, 6) is 0. The molecule has 0 nitrogen and oxygen atoms in total. The minimum Gasteiger partial charge on any atom is -0.0622 e. The van der Waals surface area contributed by atoms with Crippen LogP contribution in [0.5, 0.6) is 0 Å². The van der Waals surface area contributed by atoms with E-state index in [1.165, 1.54) is 70.9 Å². The van der Waals surface area contributed by atoms with E-state index in [-0.39, 0.29) is 0 Å². The first kappa shape index (κ1) is 21.4. The van der Waals surface area contributed by atoms with Crippen molar-refractivity contribution in [3.63, 3.8) is 0 Å². The third-order valence-corrected chi connectivity index (χ3v) is 7.87. The summed E-state index contributed by atoms with van der Waals surface area (Å²) < 4.78 is 1.11. The molecule has 1 heteroatoms. The smallest absolute Gasteiger partial charge is 0.0266 e. The second kappa shape index (κ2) is 8.33. The van der Waals surface area contributed by atoms with Crippen LogP contribution in [0.1, 0.15) is 5.56 Å². The zero-order chi connectivity index (χ0) is 24.2. The average molecular weight is 523 g/mol. The summed E-state index contributed by atoms with van der Waals surface area (Å²) in [7, 11) is 0. The molecule has 7 rings (SSSR count). The maximum absolute atomic E-state index is 3.94. The summed E-state index contributed by atoms with van der Waals surface area (Å²) in [5.41, 5.74) is 6.23. The highest BCUT2D eigenvalue weighted by Gasteiger charge is 2.16. The Hall–Kier alpha value is -3.94. The minimum absolute atomic E-state index is 1.11. The van der Waals surface area contributed by atoms with Crippen LogP contribution in [-0.4, -0.2) is 0 Å². The van der Waals surface area contributed by atoms with Gasteiger partial charge in [0.2, 0.25) is 0 Å². The molecule has 0 saturated carbocycles. The number of benzene rings is 7. The molecule has 170 valence electrons. The van der Waals surface area contributed by atoms with Crippen molar-refractivity contribution in [1.29, 1.82) is 0 Å². The van der Waals surface area contributed by atoms with Gasteiger partial charge < -0.3 is 0 Å². The monoisotopic (exact) mass is 522 g/mol. The molecule has 7 aromatic carbocycles. The molecule has 0 aliphatic heterocycles. The molecule has 0 N–H and O–H groups in total. The van der Waals surface area contributed by atoms with E-state index in [1.54, 1.807) is 0 Å². The molecule has 0 heterocycles. The molecule has 0 radical (unpaired) electrons. The number of hydrogen-bond acceptors (Lipinski definition) is 0. The van der Waals surface area contributed by atoms with Crippen molar-refractivity contribution in [1.82, 2.24) is 0 Å². The van der Waals surface area contributed by atoms with E-state index in [2.05, 4.69) is 144 Å². The molecule has 0 unspecified atom stereocenters. The third-order valence-electron chi connectivity index (χ3n) is 7.24. The average Bonchev–Trinajstić information content (AvgIpc) is 2.90. The third kappa shape index (κ3) is 3.51. The largest absolute Gasteiger partial charge is 0.0622 e. The summed E-state index contributed by atoms with van der Waals surface area (Å²) in [6, 6.07) is 44.5. The molecule has 0 fully saturated rings. The molecule has 0 spiro atoms. The van der Waals surface area contributed by atoms with Gasteiger partial charge in [-0.1, -0.05) is 100 Å². The number of halogens is 1. The van der Waals surface area contributed by atoms with Crippen LogP contribution < -0.4 is 0 Å². The lowest BCUT2D eigenvalue weighted by molar-refractivity contribution is 1.51. The number of fused-ring (bicyclic) bond motifs is 4. The van der Waals surface area contributed by atoms with Crippen molar-refractivity contribution in [3.05, 3.63) is 131 Å². The number of rotatable bonds is 2. The SMILES string of the molecule is Cc1ccc2cc3cc4cc5c(-c6ccccc6)c(-c6ccccc6)c(Br)cc5cc4cc3cc2c1. The van der Waals surface area contributed by atoms with Crippen LogP contribution in [0.25, 0.3) is 65.3 Å². The highest BCUT2D eigenvalue weighted by atomic mass is 79.9. The highest BCUT2D eigenvalue weighted by molar-refractivity contribution is 9.10. The molecule has 0 aromatic heterocycles. The molecule has 0 amide bonds. The second-order valence-corrected chi connectivity index (χ2v) is 10.5. The van der Waals surface area contributed by atoms with Crippen molar-refractivity contribution in [2.45, 2.75) is 6.92 Å². The van der Waals surface area contributed by atoms with E-state index in [0.29, 0.717) is 0 Å². The summed E-state index contributed by atoms with van der Waals surface area (Å²) in [4.78, 5) is 0. The predicted octanol–water partition coefficient (Wildman–Crippen LogP) is 10.7. The van der Waals surface area contributed by atoms with Gasteiger partial charge in [-0.2, -0.15) is 0 Å². The van der Waals surface area contributed by atoms with Crippen LogP contribution in [-0.2, 0) is 0 Å². The fraction of sp³-hybridized carbons (Fsp3) is 0.0286. The van der Waals surface area contributed by atoms with E-state index in [4.69, 9.17) is 0 Å². The Bertz CT molecular complexity index is 1930. The molecular weight excluding hydrogens is 500 g/mol. The Morgan fingerprint density at radius 3 is 1.56 bits per heavy atom. The summed E-state index contributed by atoms with van der Waals surface area (Å²) in [6.45, 7) is 2.15. The van der Waals surface area contributed by atoms with Gasteiger partial charge in [0.1, 0.15) is 0 Å². The normalized spacial score (nSPS) is 11.6. The number of aryl methyl sites for hydroxylation is 1. The van der Waals surface area contributed by atoms with Crippen molar-refractivity contribution < 1.29 is 0 Å². The van der Waals surface area contributed by atoms with Gasteiger partial charge in [-0.3, -0.25) is 0 Å². The molecular formula is C35H23Br. The summed E-state index contributed by atoms with van der Waals surface area (Å²) in [5, 5.41) is 10.2. The zero-order valence-electron chi connectivity index (χ0n) is 19.9. The molecule has 7 aromatic rings. The summed E-state index contributed by atoms with van der Waals surface area (Å²) in [6.07, 6.45) is 0. The first-order valence-electron chi connectivity index (χ1n) is 12.3. The fourth-order valence-corrected chi connectivity index (χ4v) is 6.20. The Morgan fingerprint density at radius 1 is 0.417 bits per heavy atom. The van der Waals surface area contributed by atoms with Gasteiger partial charge >= 0.3 is 0 Å². The van der Waals surface area contributed by atoms with Gasteiger partial charge in [-0.15, -0.1) is 0 Å². The maximum atomic E-state index is 3.94. The van der Waals surface area contributed by atoms with Crippen LogP contribution in [0.3, 0.4) is 0 Å². The van der Waals surface area contributed by atoms with Gasteiger partial charge in [0.15, 0.2) is 0 Å². The Kier molecular flexibility index (Phi) is 4.94.